The average molecular weight is 376 g/mol. The zero-order valence-corrected chi connectivity index (χ0v) is 13.9. The average Bonchev–Trinajstić information content (AvgIpc) is 2.43. The largest absolute Gasteiger partial charge is 0.573 e. The summed E-state index contributed by atoms with van der Waals surface area (Å²) in [6.07, 6.45) is -4.91. The Labute approximate surface area is 145 Å². The summed E-state index contributed by atoms with van der Waals surface area (Å²) < 4.78 is 41.1. The summed E-state index contributed by atoms with van der Waals surface area (Å²) in [6, 6.07) is 7.12. The van der Waals surface area contributed by atoms with Crippen molar-refractivity contribution in [2.75, 3.05) is 0 Å². The van der Waals surface area contributed by atoms with Crippen LogP contribution in [-0.4, -0.2) is 16.4 Å². The number of benzene rings is 2. The fraction of sp³-hybridized carbons (Fsp3) is 0.250. The molecule has 0 amide bonds. The number of alkyl halides is 3. The van der Waals surface area contributed by atoms with E-state index in [0.717, 1.165) is 12.1 Å². The minimum Gasteiger partial charge on any atom is -0.508 e. The molecule has 0 saturated heterocycles. The first kappa shape index (κ1) is 18.9. The number of nitro benzene ring substituents is 1. The Balaban J connectivity index is 2.54. The van der Waals surface area contributed by atoms with E-state index >= 15 is 0 Å². The second-order valence-electron chi connectivity index (χ2n) is 5.84. The van der Waals surface area contributed by atoms with Gasteiger partial charge < -0.3 is 9.84 Å². The van der Waals surface area contributed by atoms with E-state index in [2.05, 4.69) is 4.74 Å². The molecule has 0 heterocycles. The second kappa shape index (κ2) is 6.44. The molecule has 0 spiro atoms. The highest BCUT2D eigenvalue weighted by Gasteiger charge is 2.33. The first-order chi connectivity index (χ1) is 11.4. The number of nitrogens with zero attached hydrogens (tertiary/aromatic N) is 1. The topological polar surface area (TPSA) is 72.6 Å². The summed E-state index contributed by atoms with van der Waals surface area (Å²) >= 11 is 5.91. The molecule has 25 heavy (non-hydrogen) atoms. The number of phenolic OH excluding ortho intramolecular Hbond substituents is 1. The molecule has 0 aliphatic rings. The SMILES string of the molecule is CC(C)(c1cc(O)cc(OC(F)(F)F)c1)c1cc(Cl)cc([N+](=O)[O-])c1. The Morgan fingerprint density at radius 2 is 1.68 bits per heavy atom. The van der Waals surface area contributed by atoms with Gasteiger partial charge in [-0.05, 0) is 29.3 Å². The van der Waals surface area contributed by atoms with Gasteiger partial charge in [0.1, 0.15) is 11.5 Å². The van der Waals surface area contributed by atoms with E-state index in [1.165, 1.54) is 24.3 Å². The lowest BCUT2D eigenvalue weighted by Crippen LogP contribution is -2.21. The number of phenols is 1. The van der Waals surface area contributed by atoms with Crippen LogP contribution in [0.25, 0.3) is 0 Å². The van der Waals surface area contributed by atoms with Crippen LogP contribution in [0.3, 0.4) is 0 Å². The predicted molar refractivity (Wildman–Crippen MR) is 85.0 cm³/mol. The summed E-state index contributed by atoms with van der Waals surface area (Å²) in [7, 11) is 0. The molecule has 2 aromatic carbocycles. The number of hydrogen-bond donors (Lipinski definition) is 1. The fourth-order valence-electron chi connectivity index (χ4n) is 2.34. The number of halogens is 4. The maximum absolute atomic E-state index is 12.4. The Kier molecular flexibility index (Phi) is 4.85. The molecule has 134 valence electrons. The third-order valence-electron chi connectivity index (χ3n) is 3.66. The van der Waals surface area contributed by atoms with Crippen LogP contribution >= 0.6 is 11.6 Å². The van der Waals surface area contributed by atoms with E-state index in [0.29, 0.717) is 5.56 Å². The minimum atomic E-state index is -4.91. The van der Waals surface area contributed by atoms with Crippen molar-refractivity contribution in [3.63, 3.8) is 0 Å². The molecule has 0 aliphatic heterocycles. The zero-order chi connectivity index (χ0) is 19.0. The molecule has 0 atom stereocenters. The summed E-state index contributed by atoms with van der Waals surface area (Å²) in [4.78, 5) is 10.4. The van der Waals surface area contributed by atoms with E-state index < -0.39 is 28.2 Å². The van der Waals surface area contributed by atoms with Gasteiger partial charge in [0.2, 0.25) is 0 Å². The molecule has 2 aromatic rings. The van der Waals surface area contributed by atoms with Crippen LogP contribution < -0.4 is 4.74 Å². The Hall–Kier alpha value is -2.48. The molecule has 0 aliphatic carbocycles. The van der Waals surface area contributed by atoms with Gasteiger partial charge >= 0.3 is 6.36 Å². The molecule has 0 fully saturated rings. The van der Waals surface area contributed by atoms with Gasteiger partial charge in [-0.3, -0.25) is 10.1 Å². The zero-order valence-electron chi connectivity index (χ0n) is 13.1. The molecule has 0 saturated carbocycles. The first-order valence-corrected chi connectivity index (χ1v) is 7.32. The monoisotopic (exact) mass is 375 g/mol. The lowest BCUT2D eigenvalue weighted by Gasteiger charge is -2.27. The van der Waals surface area contributed by atoms with Crippen molar-refractivity contribution in [1.29, 1.82) is 0 Å². The van der Waals surface area contributed by atoms with Crippen LogP contribution in [0.15, 0.2) is 36.4 Å². The van der Waals surface area contributed by atoms with Crippen LogP contribution in [-0.2, 0) is 5.41 Å². The summed E-state index contributed by atoms with van der Waals surface area (Å²) in [6.45, 7) is 3.27. The van der Waals surface area contributed by atoms with Crippen molar-refractivity contribution in [2.24, 2.45) is 0 Å². The Bertz CT molecular complexity index is 822. The lowest BCUT2D eigenvalue weighted by molar-refractivity contribution is -0.384. The molecule has 9 heteroatoms. The summed E-state index contributed by atoms with van der Waals surface area (Å²) in [5.74, 6) is -1.02. The summed E-state index contributed by atoms with van der Waals surface area (Å²) in [5.41, 5.74) is -0.570. The van der Waals surface area contributed by atoms with Crippen LogP contribution in [0.1, 0.15) is 25.0 Å². The van der Waals surface area contributed by atoms with Crippen LogP contribution in [0.5, 0.6) is 11.5 Å². The molecule has 0 radical (unpaired) electrons. The van der Waals surface area contributed by atoms with Crippen molar-refractivity contribution in [3.05, 3.63) is 62.7 Å². The number of aromatic hydroxyl groups is 1. The molecule has 1 N–H and O–H groups in total. The van der Waals surface area contributed by atoms with E-state index in [1.807, 2.05) is 0 Å². The van der Waals surface area contributed by atoms with Gasteiger partial charge in [0, 0.05) is 28.6 Å². The van der Waals surface area contributed by atoms with Crippen molar-refractivity contribution < 1.29 is 27.9 Å². The molecular weight excluding hydrogens is 363 g/mol. The van der Waals surface area contributed by atoms with E-state index in [1.54, 1.807) is 13.8 Å². The van der Waals surface area contributed by atoms with Crippen molar-refractivity contribution >= 4 is 17.3 Å². The number of nitro groups is 1. The van der Waals surface area contributed by atoms with Gasteiger partial charge in [-0.15, -0.1) is 13.2 Å². The van der Waals surface area contributed by atoms with Gasteiger partial charge in [-0.25, -0.2) is 0 Å². The number of hydrogen-bond acceptors (Lipinski definition) is 4. The number of non-ortho nitro benzene ring substituents is 1. The Morgan fingerprint density at radius 3 is 2.24 bits per heavy atom. The maximum atomic E-state index is 12.4. The molecule has 0 bridgehead atoms. The van der Waals surface area contributed by atoms with Gasteiger partial charge in [0.25, 0.3) is 5.69 Å². The molecule has 0 aromatic heterocycles. The van der Waals surface area contributed by atoms with Gasteiger partial charge in [-0.2, -0.15) is 0 Å². The summed E-state index contributed by atoms with van der Waals surface area (Å²) in [5, 5.41) is 20.8. The fourth-order valence-corrected chi connectivity index (χ4v) is 2.57. The third kappa shape index (κ3) is 4.54. The van der Waals surface area contributed by atoms with E-state index in [-0.39, 0.29) is 16.3 Å². The molecular formula is C16H13ClF3NO4. The van der Waals surface area contributed by atoms with E-state index in [9.17, 15) is 28.4 Å². The van der Waals surface area contributed by atoms with E-state index in [4.69, 9.17) is 11.6 Å². The Morgan fingerprint density at radius 1 is 1.08 bits per heavy atom. The molecule has 5 nitrogen and oxygen atoms in total. The second-order valence-corrected chi connectivity index (χ2v) is 6.28. The van der Waals surface area contributed by atoms with Gasteiger partial charge in [-0.1, -0.05) is 25.4 Å². The minimum absolute atomic E-state index is 0.115. The van der Waals surface area contributed by atoms with Crippen LogP contribution in [0.2, 0.25) is 5.02 Å². The third-order valence-corrected chi connectivity index (χ3v) is 3.88. The number of ether oxygens (including phenoxy) is 1. The molecule has 0 unspecified atom stereocenters. The lowest BCUT2D eigenvalue weighted by atomic mass is 9.78. The standard InChI is InChI=1S/C16H13ClF3NO4/c1-15(2,9-3-11(17)7-12(4-9)21(23)24)10-5-13(22)8-14(6-10)25-16(18,19)20/h3-8,22H,1-2H3. The van der Waals surface area contributed by atoms with Crippen LogP contribution in [0.4, 0.5) is 18.9 Å². The highest BCUT2D eigenvalue weighted by Crippen LogP contribution is 2.39. The highest BCUT2D eigenvalue weighted by molar-refractivity contribution is 6.30. The van der Waals surface area contributed by atoms with Crippen molar-refractivity contribution in [3.8, 4) is 11.5 Å². The highest BCUT2D eigenvalue weighted by atomic mass is 35.5. The smallest absolute Gasteiger partial charge is 0.508 e. The molecule has 2 rings (SSSR count). The van der Waals surface area contributed by atoms with Crippen molar-refractivity contribution in [2.45, 2.75) is 25.6 Å². The maximum Gasteiger partial charge on any atom is 0.573 e. The normalized spacial score (nSPS) is 12.1. The van der Waals surface area contributed by atoms with Crippen molar-refractivity contribution in [1.82, 2.24) is 0 Å². The van der Waals surface area contributed by atoms with Crippen LogP contribution in [0, 0.1) is 10.1 Å². The van der Waals surface area contributed by atoms with Gasteiger partial charge in [0.05, 0.1) is 4.92 Å². The first-order valence-electron chi connectivity index (χ1n) is 6.94. The quantitative estimate of drug-likeness (QED) is 0.590. The predicted octanol–water partition coefficient (Wildman–Crippen LogP) is 5.18. The van der Waals surface area contributed by atoms with Gasteiger partial charge in [0.15, 0.2) is 0 Å². The number of rotatable bonds is 4.